The van der Waals surface area contributed by atoms with Gasteiger partial charge in [0.15, 0.2) is 0 Å². The summed E-state index contributed by atoms with van der Waals surface area (Å²) in [5.41, 5.74) is 7.12. The Labute approximate surface area is 137 Å². The molecule has 0 fully saturated rings. The molecule has 0 radical (unpaired) electrons. The van der Waals surface area contributed by atoms with E-state index in [1.807, 2.05) is 27.9 Å². The maximum Gasteiger partial charge on any atom is 0.241 e. The number of carbonyl (C=O) groups is 2. The largest absolute Gasteiger partial charge is 0.325 e. The van der Waals surface area contributed by atoms with Crippen LogP contribution in [0.3, 0.4) is 0 Å². The van der Waals surface area contributed by atoms with Crippen LogP contribution in [0.5, 0.6) is 0 Å². The van der Waals surface area contributed by atoms with E-state index < -0.39 is 6.04 Å². The van der Waals surface area contributed by atoms with Crippen LogP contribution in [-0.4, -0.2) is 43.4 Å². The number of carbonyl (C=O) groups excluding carboxylic acids is 2. The molecule has 0 aromatic heterocycles. The summed E-state index contributed by atoms with van der Waals surface area (Å²) in [6, 6.07) is 6.41. The maximum atomic E-state index is 11.8. The van der Waals surface area contributed by atoms with E-state index in [0.29, 0.717) is 17.9 Å². The fourth-order valence-electron chi connectivity index (χ4n) is 1.65. The highest BCUT2D eigenvalue weighted by Crippen LogP contribution is 2.14. The van der Waals surface area contributed by atoms with Crippen molar-refractivity contribution in [3.05, 3.63) is 24.3 Å². The fraction of sp³-hybridized carbons (Fsp3) is 0.467. The average molecular weight is 329 g/mol. The van der Waals surface area contributed by atoms with E-state index >= 15 is 0 Å². The second-order valence-corrected chi connectivity index (χ2v) is 5.62. The molecule has 6 nitrogen and oxygen atoms in total. The maximum absolute atomic E-state index is 11.8. The van der Waals surface area contributed by atoms with Crippen molar-refractivity contribution >= 4 is 35.6 Å². The van der Waals surface area contributed by atoms with E-state index in [2.05, 4.69) is 10.6 Å². The van der Waals surface area contributed by atoms with Crippen molar-refractivity contribution in [3.8, 4) is 0 Å². The van der Waals surface area contributed by atoms with Crippen molar-refractivity contribution in [1.29, 1.82) is 0 Å². The molecule has 0 unspecified atom stereocenters. The summed E-state index contributed by atoms with van der Waals surface area (Å²) < 4.78 is 0. The third-order valence-corrected chi connectivity index (χ3v) is 2.92. The number of halogens is 1. The number of hydrogen-bond donors (Lipinski definition) is 3. The summed E-state index contributed by atoms with van der Waals surface area (Å²) in [6.45, 7) is 4.11. The summed E-state index contributed by atoms with van der Waals surface area (Å²) in [5, 5.41) is 5.53. The van der Waals surface area contributed by atoms with Crippen LogP contribution in [0.4, 0.5) is 11.4 Å². The molecule has 2 amide bonds. The molecule has 1 rings (SSSR count). The minimum Gasteiger partial charge on any atom is -0.325 e. The first kappa shape index (κ1) is 20.4. The van der Waals surface area contributed by atoms with Gasteiger partial charge in [-0.3, -0.25) is 9.59 Å². The molecule has 22 heavy (non-hydrogen) atoms. The zero-order chi connectivity index (χ0) is 16.0. The van der Waals surface area contributed by atoms with Crippen LogP contribution >= 0.6 is 12.4 Å². The SMILES string of the molecule is CC(C)[C@H](N)C(=O)Nc1ccc(NC(=O)CN(C)C)cc1.Cl. The number of likely N-dealkylation sites (N-methyl/N-ethyl adjacent to an activating group) is 1. The van der Waals surface area contributed by atoms with Crippen LogP contribution in [0.25, 0.3) is 0 Å². The number of anilines is 2. The van der Waals surface area contributed by atoms with Crippen molar-refractivity contribution in [1.82, 2.24) is 4.90 Å². The Morgan fingerprint density at radius 2 is 1.55 bits per heavy atom. The summed E-state index contributed by atoms with van der Waals surface area (Å²) in [4.78, 5) is 25.2. The first-order chi connectivity index (χ1) is 9.79. The third-order valence-electron chi connectivity index (χ3n) is 2.92. The van der Waals surface area contributed by atoms with Crippen LogP contribution < -0.4 is 16.4 Å². The molecule has 0 heterocycles. The first-order valence-corrected chi connectivity index (χ1v) is 6.90. The highest BCUT2D eigenvalue weighted by atomic mass is 35.5. The number of nitrogens with two attached hydrogens (primary N) is 1. The Bertz CT molecular complexity index is 489. The molecule has 1 aromatic rings. The minimum absolute atomic E-state index is 0. The lowest BCUT2D eigenvalue weighted by Gasteiger charge is -2.15. The van der Waals surface area contributed by atoms with Crippen LogP contribution in [0, 0.1) is 5.92 Å². The monoisotopic (exact) mass is 328 g/mol. The molecule has 0 aliphatic carbocycles. The molecule has 0 aliphatic rings. The van der Waals surface area contributed by atoms with Gasteiger partial charge in [-0.25, -0.2) is 0 Å². The quantitative estimate of drug-likeness (QED) is 0.739. The van der Waals surface area contributed by atoms with Gasteiger partial charge in [0, 0.05) is 11.4 Å². The lowest BCUT2D eigenvalue weighted by Crippen LogP contribution is -2.39. The molecule has 0 spiro atoms. The summed E-state index contributed by atoms with van der Waals surface area (Å²) in [5.74, 6) is -0.220. The molecule has 4 N–H and O–H groups in total. The molecule has 7 heteroatoms. The first-order valence-electron chi connectivity index (χ1n) is 6.90. The van der Waals surface area contributed by atoms with Gasteiger partial charge >= 0.3 is 0 Å². The number of rotatable bonds is 6. The summed E-state index contributed by atoms with van der Waals surface area (Å²) in [7, 11) is 3.66. The van der Waals surface area contributed by atoms with Crippen molar-refractivity contribution < 1.29 is 9.59 Å². The van der Waals surface area contributed by atoms with Gasteiger partial charge in [-0.1, -0.05) is 13.8 Å². The van der Waals surface area contributed by atoms with Crippen molar-refractivity contribution in [2.24, 2.45) is 11.7 Å². The highest BCUT2D eigenvalue weighted by Gasteiger charge is 2.17. The van der Waals surface area contributed by atoms with E-state index in [9.17, 15) is 9.59 Å². The normalized spacial score (nSPS) is 11.8. The van der Waals surface area contributed by atoms with Crippen LogP contribution in [0.1, 0.15) is 13.8 Å². The smallest absolute Gasteiger partial charge is 0.241 e. The Morgan fingerprint density at radius 3 is 1.95 bits per heavy atom. The van der Waals surface area contributed by atoms with E-state index in [0.717, 1.165) is 0 Å². The van der Waals surface area contributed by atoms with Gasteiger partial charge in [-0.05, 0) is 44.3 Å². The van der Waals surface area contributed by atoms with E-state index in [-0.39, 0.29) is 30.1 Å². The molecule has 1 atom stereocenters. The molecular formula is C15H25ClN4O2. The molecule has 0 saturated carbocycles. The number of nitrogens with one attached hydrogen (secondary N) is 2. The second kappa shape index (κ2) is 9.40. The zero-order valence-electron chi connectivity index (χ0n) is 13.4. The summed E-state index contributed by atoms with van der Waals surface area (Å²) in [6.07, 6.45) is 0. The van der Waals surface area contributed by atoms with E-state index in [4.69, 9.17) is 5.73 Å². The van der Waals surface area contributed by atoms with Gasteiger partial charge < -0.3 is 21.3 Å². The Hall–Kier alpha value is -1.63. The number of hydrogen-bond acceptors (Lipinski definition) is 4. The van der Waals surface area contributed by atoms with Crippen LogP contribution in [-0.2, 0) is 9.59 Å². The fourth-order valence-corrected chi connectivity index (χ4v) is 1.65. The van der Waals surface area contributed by atoms with E-state index in [1.165, 1.54) is 0 Å². The molecule has 124 valence electrons. The molecule has 0 saturated heterocycles. The lowest BCUT2D eigenvalue weighted by atomic mass is 10.0. The lowest BCUT2D eigenvalue weighted by molar-refractivity contribution is -0.118. The Balaban J connectivity index is 0.00000441. The number of amides is 2. The van der Waals surface area contributed by atoms with Crippen LogP contribution in [0.15, 0.2) is 24.3 Å². The predicted molar refractivity (Wildman–Crippen MR) is 92.3 cm³/mol. The van der Waals surface area contributed by atoms with Gasteiger partial charge in [-0.15, -0.1) is 12.4 Å². The van der Waals surface area contributed by atoms with Gasteiger partial charge in [-0.2, -0.15) is 0 Å². The van der Waals surface area contributed by atoms with E-state index in [1.54, 1.807) is 29.2 Å². The van der Waals surface area contributed by atoms with Crippen LogP contribution in [0.2, 0.25) is 0 Å². The van der Waals surface area contributed by atoms with Gasteiger partial charge in [0.25, 0.3) is 0 Å². The zero-order valence-corrected chi connectivity index (χ0v) is 14.2. The van der Waals surface area contributed by atoms with Gasteiger partial charge in [0.2, 0.25) is 11.8 Å². The molecular weight excluding hydrogens is 304 g/mol. The average Bonchev–Trinajstić information content (AvgIpc) is 2.38. The number of benzene rings is 1. The van der Waals surface area contributed by atoms with Crippen molar-refractivity contribution in [2.45, 2.75) is 19.9 Å². The Morgan fingerprint density at radius 1 is 1.09 bits per heavy atom. The van der Waals surface area contributed by atoms with Gasteiger partial charge in [0.05, 0.1) is 12.6 Å². The summed E-state index contributed by atoms with van der Waals surface area (Å²) >= 11 is 0. The highest BCUT2D eigenvalue weighted by molar-refractivity contribution is 5.95. The standard InChI is InChI=1S/C15H24N4O2.ClH/c1-10(2)14(16)15(21)18-12-7-5-11(6-8-12)17-13(20)9-19(3)4;/h5-8,10,14H,9,16H2,1-4H3,(H,17,20)(H,18,21);1H/t14-;/m0./s1. The Kier molecular flexibility index (Phi) is 8.70. The molecule has 1 aromatic carbocycles. The molecule has 0 aliphatic heterocycles. The van der Waals surface area contributed by atoms with Crippen molar-refractivity contribution in [3.63, 3.8) is 0 Å². The number of nitrogens with zero attached hydrogens (tertiary/aromatic N) is 1. The molecule has 0 bridgehead atoms. The second-order valence-electron chi connectivity index (χ2n) is 5.62. The van der Waals surface area contributed by atoms with Gasteiger partial charge in [0.1, 0.15) is 0 Å². The third kappa shape index (κ3) is 6.89. The minimum atomic E-state index is -0.538. The van der Waals surface area contributed by atoms with Crippen molar-refractivity contribution in [2.75, 3.05) is 31.3 Å². The topological polar surface area (TPSA) is 87.5 Å². The predicted octanol–water partition coefficient (Wildman–Crippen LogP) is 1.53.